The van der Waals surface area contributed by atoms with Crippen LogP contribution in [0.1, 0.15) is 49.8 Å². The lowest BCUT2D eigenvalue weighted by Gasteiger charge is -2.34. The van der Waals surface area contributed by atoms with E-state index in [1.165, 1.54) is 30.7 Å². The standard InChI is InChI=1S/C37H35F5N6O3/c1-2-21-24(38)5-3-18-13-19(49)14-22(27(18)21)30-29(39)31-28(25(44-30)6-4-23-32-36(23)15-26(36)45-32)33(43)47-34(46-31)50-17-35(9-10-35)16-48-11-7-20(8-12-48)51-37(40,41)42/h1,3,5,13-14,20,23,26,32,45,49H,4,6-12,15-17H2,(H2,43,46,47)/t23-,26+,32-,36?/m1/s1. The third-order valence-corrected chi connectivity index (χ3v) is 11.9. The minimum absolute atomic E-state index is 0.00927. The van der Waals surface area contributed by atoms with Crippen molar-refractivity contribution in [1.82, 2.24) is 25.2 Å². The van der Waals surface area contributed by atoms with Crippen LogP contribution in [-0.2, 0) is 11.2 Å². The van der Waals surface area contributed by atoms with Gasteiger partial charge in [0.1, 0.15) is 28.6 Å². The van der Waals surface area contributed by atoms with Crippen LogP contribution in [0.4, 0.5) is 27.8 Å². The maximum atomic E-state index is 16.8. The summed E-state index contributed by atoms with van der Waals surface area (Å²) in [5.41, 5.74) is 6.91. The molecule has 4 atom stereocenters. The maximum Gasteiger partial charge on any atom is 0.522 e. The topological polar surface area (TPSA) is 119 Å². The zero-order valence-electron chi connectivity index (χ0n) is 27.5. The number of hydrogen-bond acceptors (Lipinski definition) is 9. The summed E-state index contributed by atoms with van der Waals surface area (Å²) in [5, 5.41) is 15.1. The second kappa shape index (κ2) is 11.3. The fourth-order valence-corrected chi connectivity index (χ4v) is 8.94. The minimum Gasteiger partial charge on any atom is -0.508 e. The third-order valence-electron chi connectivity index (χ3n) is 11.9. The van der Waals surface area contributed by atoms with Gasteiger partial charge >= 0.3 is 12.4 Å². The van der Waals surface area contributed by atoms with Crippen LogP contribution < -0.4 is 15.8 Å². The highest BCUT2D eigenvalue weighted by atomic mass is 19.4. The SMILES string of the molecule is C#Cc1c(F)ccc2cc(O)cc(-c3nc(CC[C@@H]4[C@H]5N[C@H]6CC645)c4c(N)nc(OCC5(CN6CCC(OC(F)(F)F)CC6)CC5)nc4c3F)c12. The van der Waals surface area contributed by atoms with Gasteiger partial charge in [-0.15, -0.1) is 19.6 Å². The van der Waals surface area contributed by atoms with Gasteiger partial charge in [0, 0.05) is 53.5 Å². The van der Waals surface area contributed by atoms with Gasteiger partial charge in [-0.05, 0) is 74.4 Å². The highest BCUT2D eigenvalue weighted by Gasteiger charge is 2.85. The third kappa shape index (κ3) is 5.52. The molecule has 2 aromatic heterocycles. The smallest absolute Gasteiger partial charge is 0.508 e. The van der Waals surface area contributed by atoms with Crippen molar-refractivity contribution in [3.05, 3.63) is 47.2 Å². The number of phenols is 1. The molecule has 4 N–H and O–H groups in total. The lowest BCUT2D eigenvalue weighted by molar-refractivity contribution is -0.345. The zero-order valence-corrected chi connectivity index (χ0v) is 27.5. The average Bonchev–Trinajstić information content (AvgIpc) is 4.03. The molecule has 0 radical (unpaired) electrons. The number of pyridine rings is 1. The van der Waals surface area contributed by atoms with Gasteiger partial charge < -0.3 is 25.8 Å². The Morgan fingerprint density at radius 3 is 2.53 bits per heavy atom. The summed E-state index contributed by atoms with van der Waals surface area (Å²) >= 11 is 0. The number of benzene rings is 2. The van der Waals surface area contributed by atoms with E-state index in [4.69, 9.17) is 21.9 Å². The molecular formula is C37H35F5N6O3. The van der Waals surface area contributed by atoms with Crippen LogP contribution in [0.2, 0.25) is 0 Å². The molecule has 0 amide bonds. The van der Waals surface area contributed by atoms with Crippen molar-refractivity contribution in [3.63, 3.8) is 0 Å². The Bertz CT molecular complexity index is 2140. The quantitative estimate of drug-likeness (QED) is 0.138. The number of nitrogens with two attached hydrogens (primary N) is 1. The lowest BCUT2D eigenvalue weighted by atomic mass is 9.95. The second-order valence-electron chi connectivity index (χ2n) is 15.0. The number of fused-ring (bicyclic) bond motifs is 2. The summed E-state index contributed by atoms with van der Waals surface area (Å²) in [6.45, 7) is 1.78. The highest BCUT2D eigenvalue weighted by Crippen LogP contribution is 2.78. The van der Waals surface area contributed by atoms with Gasteiger partial charge in [-0.1, -0.05) is 12.0 Å². The number of likely N-dealkylation sites (tertiary alicyclic amines) is 1. The molecule has 2 saturated heterocycles. The lowest BCUT2D eigenvalue weighted by Crippen LogP contribution is -2.42. The second-order valence-corrected chi connectivity index (χ2v) is 15.0. The van der Waals surface area contributed by atoms with E-state index in [1.54, 1.807) is 0 Å². The number of hydrogen-bond donors (Lipinski definition) is 3. The maximum absolute atomic E-state index is 16.8. The van der Waals surface area contributed by atoms with E-state index < -0.39 is 24.1 Å². The van der Waals surface area contributed by atoms with E-state index in [1.807, 2.05) is 0 Å². The number of piperidine rings is 2. The minimum atomic E-state index is -4.65. The van der Waals surface area contributed by atoms with Gasteiger partial charge in [-0.25, -0.2) is 13.8 Å². The van der Waals surface area contributed by atoms with Gasteiger partial charge in [0.15, 0.2) is 5.82 Å². The van der Waals surface area contributed by atoms with Crippen LogP contribution in [0.25, 0.3) is 32.9 Å². The first-order valence-electron chi connectivity index (χ1n) is 17.3. The van der Waals surface area contributed by atoms with Crippen molar-refractivity contribution in [2.45, 2.75) is 69.5 Å². The van der Waals surface area contributed by atoms with Crippen LogP contribution in [0, 0.1) is 40.7 Å². The number of aryl methyl sites for hydroxylation is 1. The molecule has 5 fully saturated rings. The molecule has 5 aliphatic rings. The van der Waals surface area contributed by atoms with Gasteiger partial charge in [-0.3, -0.25) is 4.74 Å². The Balaban J connectivity index is 1.03. The molecule has 2 aliphatic heterocycles. The van der Waals surface area contributed by atoms with Gasteiger partial charge in [-0.2, -0.15) is 9.97 Å². The Morgan fingerprint density at radius 2 is 1.88 bits per heavy atom. The van der Waals surface area contributed by atoms with Crippen molar-refractivity contribution < 1.29 is 36.5 Å². The fraction of sp³-hybridized carbons (Fsp3) is 0.486. The Labute approximate surface area is 289 Å². The number of aromatic hydroxyl groups is 1. The molecule has 3 aliphatic carbocycles. The van der Waals surface area contributed by atoms with Crippen LogP contribution >= 0.6 is 0 Å². The molecule has 14 heteroatoms. The summed E-state index contributed by atoms with van der Waals surface area (Å²) < 4.78 is 80.1. The molecule has 9 nitrogen and oxygen atoms in total. The zero-order chi connectivity index (χ0) is 35.4. The Morgan fingerprint density at radius 1 is 1.10 bits per heavy atom. The summed E-state index contributed by atoms with van der Waals surface area (Å²) in [7, 11) is 0. The molecule has 2 aromatic carbocycles. The van der Waals surface area contributed by atoms with Crippen molar-refractivity contribution in [2.75, 3.05) is 32.0 Å². The number of nitrogens with zero attached hydrogens (tertiary/aromatic N) is 4. The van der Waals surface area contributed by atoms with Gasteiger partial charge in [0.25, 0.3) is 0 Å². The first-order chi connectivity index (χ1) is 24.4. The van der Waals surface area contributed by atoms with E-state index in [0.29, 0.717) is 60.6 Å². The molecule has 0 bridgehead atoms. The van der Waals surface area contributed by atoms with Crippen molar-refractivity contribution in [3.8, 4) is 35.4 Å². The molecular weight excluding hydrogens is 671 g/mol. The number of alkyl halides is 3. The van der Waals surface area contributed by atoms with Crippen LogP contribution in [0.5, 0.6) is 11.8 Å². The molecule has 1 unspecified atom stereocenters. The molecule has 4 aromatic rings. The molecule has 4 heterocycles. The molecule has 9 rings (SSSR count). The monoisotopic (exact) mass is 706 g/mol. The first-order valence-corrected chi connectivity index (χ1v) is 17.3. The molecule has 51 heavy (non-hydrogen) atoms. The number of anilines is 1. The number of ether oxygens (including phenoxy) is 2. The summed E-state index contributed by atoms with van der Waals surface area (Å²) in [6, 6.07) is 6.37. The van der Waals surface area contributed by atoms with E-state index in [-0.39, 0.29) is 75.6 Å². The molecule has 266 valence electrons. The number of terminal acetylenes is 1. The van der Waals surface area contributed by atoms with E-state index in [9.17, 15) is 22.7 Å². The van der Waals surface area contributed by atoms with Gasteiger partial charge in [0.05, 0.1) is 29.4 Å². The fourth-order valence-electron chi connectivity index (χ4n) is 8.94. The number of rotatable bonds is 10. The van der Waals surface area contributed by atoms with Crippen molar-refractivity contribution in [1.29, 1.82) is 0 Å². The normalized spacial score (nSPS) is 26.3. The predicted molar refractivity (Wildman–Crippen MR) is 178 cm³/mol. The average molecular weight is 707 g/mol. The largest absolute Gasteiger partial charge is 0.522 e. The van der Waals surface area contributed by atoms with Crippen LogP contribution in [-0.4, -0.2) is 75.7 Å². The van der Waals surface area contributed by atoms with Crippen LogP contribution in [0.15, 0.2) is 24.3 Å². The Hall–Kier alpha value is -4.32. The van der Waals surface area contributed by atoms with Crippen molar-refractivity contribution in [2.24, 2.45) is 16.7 Å². The van der Waals surface area contributed by atoms with Crippen LogP contribution in [0.3, 0.4) is 0 Å². The van der Waals surface area contributed by atoms with Crippen molar-refractivity contribution >= 4 is 27.5 Å². The summed E-state index contributed by atoms with van der Waals surface area (Å²) in [5.74, 6) is 1.19. The van der Waals surface area contributed by atoms with E-state index in [2.05, 4.69) is 30.8 Å². The highest BCUT2D eigenvalue weighted by molar-refractivity contribution is 6.03. The molecule has 3 saturated carbocycles. The van der Waals surface area contributed by atoms with E-state index in [0.717, 1.165) is 19.3 Å². The number of aromatic nitrogens is 3. The summed E-state index contributed by atoms with van der Waals surface area (Å²) in [4.78, 5) is 15.8. The molecule has 1 spiro atoms. The number of halogens is 5. The predicted octanol–water partition coefficient (Wildman–Crippen LogP) is 5.85. The Kier molecular flexibility index (Phi) is 7.24. The summed E-state index contributed by atoms with van der Waals surface area (Å²) in [6.07, 6.45) is 4.91. The first kappa shape index (κ1) is 32.6. The van der Waals surface area contributed by atoms with Gasteiger partial charge in [0.2, 0.25) is 0 Å². The number of nitrogen functional groups attached to an aromatic ring is 1. The van der Waals surface area contributed by atoms with E-state index >= 15 is 4.39 Å². The number of phenolic OH excluding ortho intramolecular Hbond substituents is 1. The number of nitrogens with one attached hydrogen (secondary N) is 1.